The average molecular weight is 232 g/mol. The molecule has 0 aliphatic carbocycles. The minimum atomic E-state index is 0.125. The molecular formula is C14H20N2O. The maximum Gasteiger partial charge on any atom is 0.253 e. The highest BCUT2D eigenvalue weighted by molar-refractivity contribution is 5.94. The Balaban J connectivity index is 2.19. The predicted octanol–water partition coefficient (Wildman–Crippen LogP) is 1.81. The van der Waals surface area contributed by atoms with Gasteiger partial charge in [-0.3, -0.25) is 4.79 Å². The van der Waals surface area contributed by atoms with Gasteiger partial charge in [0, 0.05) is 25.7 Å². The molecule has 1 aliphatic rings. The van der Waals surface area contributed by atoms with Crippen molar-refractivity contribution in [3.05, 3.63) is 34.9 Å². The Morgan fingerprint density at radius 1 is 1.41 bits per heavy atom. The largest absolute Gasteiger partial charge is 0.342 e. The summed E-state index contributed by atoms with van der Waals surface area (Å²) in [6.07, 6.45) is 2.06. The van der Waals surface area contributed by atoms with Crippen LogP contribution in [-0.4, -0.2) is 30.9 Å². The zero-order chi connectivity index (χ0) is 12.3. The molecule has 2 rings (SSSR count). The number of carbonyl (C=O) groups is 1. The number of fused-ring (bicyclic) bond motifs is 1. The van der Waals surface area contributed by atoms with Gasteiger partial charge in [0.05, 0.1) is 0 Å². The Morgan fingerprint density at radius 2 is 2.24 bits per heavy atom. The smallest absolute Gasteiger partial charge is 0.253 e. The molecule has 0 radical (unpaired) electrons. The Kier molecular flexibility index (Phi) is 3.79. The van der Waals surface area contributed by atoms with E-state index in [9.17, 15) is 4.79 Å². The molecule has 1 aromatic carbocycles. The van der Waals surface area contributed by atoms with Gasteiger partial charge in [-0.15, -0.1) is 0 Å². The second kappa shape index (κ2) is 5.32. The van der Waals surface area contributed by atoms with Crippen LogP contribution < -0.4 is 5.32 Å². The summed E-state index contributed by atoms with van der Waals surface area (Å²) >= 11 is 0. The highest BCUT2D eigenvalue weighted by Crippen LogP contribution is 2.16. The van der Waals surface area contributed by atoms with Crippen molar-refractivity contribution >= 4 is 5.91 Å². The van der Waals surface area contributed by atoms with Crippen molar-refractivity contribution in [2.45, 2.75) is 26.3 Å². The molecule has 0 fully saturated rings. The van der Waals surface area contributed by atoms with Crippen molar-refractivity contribution in [3.8, 4) is 0 Å². The summed E-state index contributed by atoms with van der Waals surface area (Å²) in [5.41, 5.74) is 3.45. The minimum Gasteiger partial charge on any atom is -0.342 e. The molecule has 92 valence electrons. The molecule has 1 N–H and O–H groups in total. The molecule has 3 nitrogen and oxygen atoms in total. The second-order valence-corrected chi connectivity index (χ2v) is 4.64. The van der Waals surface area contributed by atoms with E-state index in [1.54, 1.807) is 4.90 Å². The number of hydrogen-bond donors (Lipinski definition) is 1. The van der Waals surface area contributed by atoms with Gasteiger partial charge in [0.15, 0.2) is 0 Å². The van der Waals surface area contributed by atoms with Crippen LogP contribution in [0.3, 0.4) is 0 Å². The van der Waals surface area contributed by atoms with Crippen LogP contribution in [0.5, 0.6) is 0 Å². The summed E-state index contributed by atoms with van der Waals surface area (Å²) in [5, 5.41) is 3.34. The summed E-state index contributed by atoms with van der Waals surface area (Å²) < 4.78 is 0. The molecule has 0 unspecified atom stereocenters. The van der Waals surface area contributed by atoms with Gasteiger partial charge < -0.3 is 10.2 Å². The van der Waals surface area contributed by atoms with Crippen molar-refractivity contribution in [1.29, 1.82) is 0 Å². The van der Waals surface area contributed by atoms with Crippen LogP contribution in [0.1, 0.15) is 34.8 Å². The second-order valence-electron chi connectivity index (χ2n) is 4.64. The van der Waals surface area contributed by atoms with Crippen molar-refractivity contribution in [1.82, 2.24) is 10.2 Å². The van der Waals surface area contributed by atoms with Gasteiger partial charge in [-0.05, 0) is 42.6 Å². The number of nitrogens with one attached hydrogen (secondary N) is 1. The van der Waals surface area contributed by atoms with E-state index in [2.05, 4.69) is 18.3 Å². The van der Waals surface area contributed by atoms with Gasteiger partial charge >= 0.3 is 0 Å². The van der Waals surface area contributed by atoms with Gasteiger partial charge in [0.25, 0.3) is 5.91 Å². The van der Waals surface area contributed by atoms with Crippen LogP contribution in [0.2, 0.25) is 0 Å². The molecule has 1 aromatic rings. The normalized spacial score (nSPS) is 14.2. The molecule has 0 bridgehead atoms. The highest BCUT2D eigenvalue weighted by atomic mass is 16.2. The van der Waals surface area contributed by atoms with Crippen LogP contribution >= 0.6 is 0 Å². The molecule has 0 spiro atoms. The first-order valence-corrected chi connectivity index (χ1v) is 6.30. The third kappa shape index (κ3) is 2.67. The van der Waals surface area contributed by atoms with Crippen LogP contribution in [-0.2, 0) is 13.0 Å². The van der Waals surface area contributed by atoms with E-state index in [0.717, 1.165) is 38.0 Å². The first-order chi connectivity index (χ1) is 8.22. The van der Waals surface area contributed by atoms with E-state index in [1.165, 1.54) is 11.1 Å². The number of benzene rings is 1. The van der Waals surface area contributed by atoms with E-state index in [4.69, 9.17) is 0 Å². The number of hydrogen-bond acceptors (Lipinski definition) is 2. The maximum atomic E-state index is 12.1. The SMILES string of the molecule is CCCN(C)C(=O)c1ccc2c(c1)CNCC2. The summed E-state index contributed by atoms with van der Waals surface area (Å²) in [4.78, 5) is 13.9. The van der Waals surface area contributed by atoms with Crippen LogP contribution in [0, 0.1) is 0 Å². The van der Waals surface area contributed by atoms with Crippen LogP contribution in [0.15, 0.2) is 18.2 Å². The van der Waals surface area contributed by atoms with Gasteiger partial charge in [0.2, 0.25) is 0 Å². The molecule has 0 atom stereocenters. The summed E-state index contributed by atoms with van der Waals surface area (Å²) in [7, 11) is 1.86. The molecule has 17 heavy (non-hydrogen) atoms. The Bertz CT molecular complexity index is 415. The average Bonchev–Trinajstić information content (AvgIpc) is 2.37. The van der Waals surface area contributed by atoms with Crippen molar-refractivity contribution in [3.63, 3.8) is 0 Å². The van der Waals surface area contributed by atoms with E-state index in [0.29, 0.717) is 0 Å². The molecular weight excluding hydrogens is 212 g/mol. The van der Waals surface area contributed by atoms with Crippen LogP contribution in [0.25, 0.3) is 0 Å². The fourth-order valence-corrected chi connectivity index (χ4v) is 2.27. The standard InChI is InChI=1S/C14H20N2O/c1-3-8-16(2)14(17)12-5-4-11-6-7-15-10-13(11)9-12/h4-5,9,15H,3,6-8,10H2,1-2H3. The number of carbonyl (C=O) groups excluding carboxylic acids is 1. The van der Waals surface area contributed by atoms with Crippen molar-refractivity contribution in [2.75, 3.05) is 20.1 Å². The Labute approximate surface area is 103 Å². The minimum absolute atomic E-state index is 0.125. The lowest BCUT2D eigenvalue weighted by Crippen LogP contribution is -2.28. The zero-order valence-corrected chi connectivity index (χ0v) is 10.6. The highest BCUT2D eigenvalue weighted by Gasteiger charge is 2.14. The molecule has 1 aliphatic heterocycles. The van der Waals surface area contributed by atoms with E-state index in [1.807, 2.05) is 19.2 Å². The molecule has 1 amide bonds. The lowest BCUT2D eigenvalue weighted by molar-refractivity contribution is 0.0795. The summed E-state index contributed by atoms with van der Waals surface area (Å²) in [5.74, 6) is 0.125. The predicted molar refractivity (Wildman–Crippen MR) is 69.1 cm³/mol. The van der Waals surface area contributed by atoms with Gasteiger partial charge in [0.1, 0.15) is 0 Å². The molecule has 1 heterocycles. The third-order valence-electron chi connectivity index (χ3n) is 3.25. The molecule has 3 heteroatoms. The fraction of sp³-hybridized carbons (Fsp3) is 0.500. The van der Waals surface area contributed by atoms with Gasteiger partial charge in [-0.2, -0.15) is 0 Å². The topological polar surface area (TPSA) is 32.3 Å². The van der Waals surface area contributed by atoms with Crippen LogP contribution in [0.4, 0.5) is 0 Å². The first kappa shape index (κ1) is 12.1. The third-order valence-corrected chi connectivity index (χ3v) is 3.25. The number of amides is 1. The van der Waals surface area contributed by atoms with Crippen molar-refractivity contribution < 1.29 is 4.79 Å². The zero-order valence-electron chi connectivity index (χ0n) is 10.6. The molecule has 0 saturated heterocycles. The monoisotopic (exact) mass is 232 g/mol. The summed E-state index contributed by atoms with van der Waals surface area (Å²) in [6, 6.07) is 6.10. The first-order valence-electron chi connectivity index (χ1n) is 6.30. The molecule has 0 aromatic heterocycles. The van der Waals surface area contributed by atoms with Gasteiger partial charge in [-0.25, -0.2) is 0 Å². The lowest BCUT2D eigenvalue weighted by atomic mass is 9.98. The quantitative estimate of drug-likeness (QED) is 0.862. The summed E-state index contributed by atoms with van der Waals surface area (Å²) in [6.45, 7) is 4.82. The lowest BCUT2D eigenvalue weighted by Gasteiger charge is -2.20. The Morgan fingerprint density at radius 3 is 3.00 bits per heavy atom. The van der Waals surface area contributed by atoms with E-state index >= 15 is 0 Å². The number of rotatable bonds is 3. The Hall–Kier alpha value is -1.35. The fourth-order valence-electron chi connectivity index (χ4n) is 2.27. The van der Waals surface area contributed by atoms with Crippen molar-refractivity contribution in [2.24, 2.45) is 0 Å². The van der Waals surface area contributed by atoms with Gasteiger partial charge in [-0.1, -0.05) is 13.0 Å². The maximum absolute atomic E-state index is 12.1. The van der Waals surface area contributed by atoms with E-state index < -0.39 is 0 Å². The number of nitrogens with zero attached hydrogens (tertiary/aromatic N) is 1. The molecule has 0 saturated carbocycles. The van der Waals surface area contributed by atoms with E-state index in [-0.39, 0.29) is 5.91 Å².